The first-order valence-corrected chi connectivity index (χ1v) is 11.8. The van der Waals surface area contributed by atoms with Crippen LogP contribution in [-0.2, 0) is 14.0 Å². The summed E-state index contributed by atoms with van der Waals surface area (Å²) in [5.74, 6) is 0.561. The lowest BCUT2D eigenvalue weighted by Gasteiger charge is -2.17. The standard InChI is InChI=1S/C17H23ClFN4O6P/c18-17-21-14(20-9-3-1-2-4-9)10-5-6-23(15(10)22-17)16-12(19)13(24)11(29-16)7-28-8-30(25,26)27/h5-6,9,11-13,16,24H,1-4,7-8H2,(H,20,21,22)(H2,25,26,27)/t11-,12+,13-,16-/m1/s1. The lowest BCUT2D eigenvalue weighted by Crippen LogP contribution is -2.31. The molecule has 0 bridgehead atoms. The van der Waals surface area contributed by atoms with Gasteiger partial charge in [-0.1, -0.05) is 12.8 Å². The molecule has 4 atom stereocenters. The zero-order chi connectivity index (χ0) is 21.5. The average molecular weight is 465 g/mol. The Bertz CT molecular complexity index is 952. The van der Waals surface area contributed by atoms with Gasteiger partial charge < -0.3 is 34.3 Å². The van der Waals surface area contributed by atoms with E-state index in [1.807, 2.05) is 0 Å². The van der Waals surface area contributed by atoms with Gasteiger partial charge in [0, 0.05) is 12.2 Å². The van der Waals surface area contributed by atoms with Gasteiger partial charge in [-0.3, -0.25) is 4.57 Å². The van der Waals surface area contributed by atoms with E-state index in [1.54, 1.807) is 12.3 Å². The summed E-state index contributed by atoms with van der Waals surface area (Å²) in [5, 5.41) is 14.2. The molecule has 10 nitrogen and oxygen atoms in total. The Kier molecular flexibility index (Phi) is 6.32. The Balaban J connectivity index is 1.55. The van der Waals surface area contributed by atoms with Crippen molar-refractivity contribution in [2.24, 2.45) is 0 Å². The molecular weight excluding hydrogens is 442 g/mol. The number of rotatable bonds is 7. The van der Waals surface area contributed by atoms with E-state index in [2.05, 4.69) is 15.3 Å². The van der Waals surface area contributed by atoms with Crippen LogP contribution in [0.15, 0.2) is 12.3 Å². The fourth-order valence-electron chi connectivity index (χ4n) is 3.94. The highest BCUT2D eigenvalue weighted by Gasteiger charge is 2.46. The minimum absolute atomic E-state index is 0.00146. The predicted octanol–water partition coefficient (Wildman–Crippen LogP) is 2.19. The molecule has 1 saturated heterocycles. The van der Waals surface area contributed by atoms with Crippen LogP contribution < -0.4 is 5.32 Å². The van der Waals surface area contributed by atoms with Crippen LogP contribution in [0.5, 0.6) is 0 Å². The van der Waals surface area contributed by atoms with Crippen molar-refractivity contribution in [3.05, 3.63) is 17.5 Å². The average Bonchev–Trinajstić information content (AvgIpc) is 3.37. The van der Waals surface area contributed by atoms with E-state index < -0.39 is 38.6 Å². The van der Waals surface area contributed by atoms with Crippen molar-refractivity contribution in [3.8, 4) is 0 Å². The number of aliphatic hydroxyl groups is 1. The van der Waals surface area contributed by atoms with Gasteiger partial charge in [0.05, 0.1) is 12.0 Å². The van der Waals surface area contributed by atoms with Crippen LogP contribution >= 0.6 is 19.2 Å². The topological polar surface area (TPSA) is 139 Å². The summed E-state index contributed by atoms with van der Waals surface area (Å²) in [6.07, 6.45) is -0.539. The molecule has 2 aromatic heterocycles. The fourth-order valence-corrected chi connectivity index (χ4v) is 4.45. The molecule has 2 aliphatic rings. The summed E-state index contributed by atoms with van der Waals surface area (Å²) in [6.45, 7) is -0.368. The summed E-state index contributed by atoms with van der Waals surface area (Å²) in [7, 11) is -4.37. The number of nitrogens with one attached hydrogen (secondary N) is 1. The van der Waals surface area contributed by atoms with Crippen LogP contribution in [-0.4, -0.2) is 66.8 Å². The highest BCUT2D eigenvalue weighted by Crippen LogP contribution is 2.38. The van der Waals surface area contributed by atoms with Crippen LogP contribution in [0.2, 0.25) is 5.28 Å². The number of hydrogen-bond acceptors (Lipinski definition) is 7. The van der Waals surface area contributed by atoms with Crippen molar-refractivity contribution >= 4 is 36.0 Å². The molecule has 2 fully saturated rings. The molecule has 13 heteroatoms. The lowest BCUT2D eigenvalue weighted by atomic mass is 10.1. The molecule has 166 valence electrons. The number of alkyl halides is 1. The molecule has 3 heterocycles. The summed E-state index contributed by atoms with van der Waals surface area (Å²) >= 11 is 6.10. The fraction of sp³-hybridized carbons (Fsp3) is 0.647. The van der Waals surface area contributed by atoms with E-state index in [4.69, 9.17) is 30.9 Å². The molecule has 0 aromatic carbocycles. The Hall–Kier alpha value is -1.33. The van der Waals surface area contributed by atoms with Crippen LogP contribution in [0, 0.1) is 0 Å². The number of aliphatic hydroxyl groups excluding tert-OH is 1. The third kappa shape index (κ3) is 4.62. The molecule has 4 N–H and O–H groups in total. The van der Waals surface area contributed by atoms with Crippen LogP contribution in [0.25, 0.3) is 11.0 Å². The smallest absolute Gasteiger partial charge is 0.350 e. The monoisotopic (exact) mass is 464 g/mol. The summed E-state index contributed by atoms with van der Waals surface area (Å²) in [5.41, 5.74) is 0.354. The minimum Gasteiger partial charge on any atom is -0.387 e. The first kappa shape index (κ1) is 21.9. The number of halogens is 2. The van der Waals surface area contributed by atoms with Crippen molar-refractivity contribution < 1.29 is 33.3 Å². The van der Waals surface area contributed by atoms with Crippen molar-refractivity contribution in [1.82, 2.24) is 14.5 Å². The van der Waals surface area contributed by atoms with E-state index >= 15 is 0 Å². The van der Waals surface area contributed by atoms with Crippen LogP contribution in [0.4, 0.5) is 10.2 Å². The number of aromatic nitrogens is 3. The van der Waals surface area contributed by atoms with Crippen molar-refractivity contribution in [3.63, 3.8) is 0 Å². The number of anilines is 1. The molecule has 0 unspecified atom stereocenters. The van der Waals surface area contributed by atoms with E-state index in [0.29, 0.717) is 16.9 Å². The normalized spacial score (nSPS) is 27.9. The van der Waals surface area contributed by atoms with E-state index in [1.165, 1.54) is 4.57 Å². The highest BCUT2D eigenvalue weighted by molar-refractivity contribution is 7.51. The van der Waals surface area contributed by atoms with Crippen molar-refractivity contribution in [1.29, 1.82) is 0 Å². The highest BCUT2D eigenvalue weighted by atomic mass is 35.5. The van der Waals surface area contributed by atoms with Gasteiger partial charge in [-0.25, -0.2) is 9.37 Å². The third-order valence-corrected chi connectivity index (χ3v) is 6.04. The van der Waals surface area contributed by atoms with Gasteiger partial charge in [0.2, 0.25) is 5.28 Å². The maximum absolute atomic E-state index is 14.8. The van der Waals surface area contributed by atoms with E-state index in [-0.39, 0.29) is 17.9 Å². The molecule has 30 heavy (non-hydrogen) atoms. The summed E-state index contributed by atoms with van der Waals surface area (Å²) in [6, 6.07) is 2.01. The molecule has 2 aromatic rings. The zero-order valence-corrected chi connectivity index (χ0v) is 17.5. The molecule has 0 radical (unpaired) electrons. The molecule has 0 amide bonds. The quantitative estimate of drug-likeness (QED) is 0.358. The second-order valence-corrected chi connectivity index (χ2v) is 9.52. The van der Waals surface area contributed by atoms with Gasteiger partial charge in [-0.05, 0) is 30.5 Å². The number of hydrogen-bond donors (Lipinski definition) is 4. The first-order chi connectivity index (χ1) is 14.2. The Morgan fingerprint density at radius 1 is 1.37 bits per heavy atom. The second kappa shape index (κ2) is 8.66. The summed E-state index contributed by atoms with van der Waals surface area (Å²) in [4.78, 5) is 26.2. The molecule has 0 spiro atoms. The molecule has 1 aliphatic carbocycles. The first-order valence-electron chi connectivity index (χ1n) is 9.63. The van der Waals surface area contributed by atoms with Crippen LogP contribution in [0.3, 0.4) is 0 Å². The van der Waals surface area contributed by atoms with Gasteiger partial charge in [0.15, 0.2) is 12.4 Å². The van der Waals surface area contributed by atoms with Crippen molar-refractivity contribution in [2.45, 2.75) is 56.3 Å². The summed E-state index contributed by atoms with van der Waals surface area (Å²) < 4.78 is 37.6. The molecule has 1 aliphatic heterocycles. The maximum Gasteiger partial charge on any atom is 0.350 e. The van der Waals surface area contributed by atoms with Gasteiger partial charge in [0.1, 0.15) is 30.0 Å². The largest absolute Gasteiger partial charge is 0.387 e. The van der Waals surface area contributed by atoms with Crippen LogP contribution in [0.1, 0.15) is 31.9 Å². The van der Waals surface area contributed by atoms with E-state index in [0.717, 1.165) is 25.7 Å². The van der Waals surface area contributed by atoms with Gasteiger partial charge in [-0.2, -0.15) is 4.98 Å². The van der Waals surface area contributed by atoms with Gasteiger partial charge in [-0.15, -0.1) is 0 Å². The van der Waals surface area contributed by atoms with E-state index in [9.17, 15) is 14.1 Å². The molecule has 1 saturated carbocycles. The zero-order valence-electron chi connectivity index (χ0n) is 15.9. The SMILES string of the molecule is O=P(O)(O)COC[C@H]1O[C@@H](n2ccc3c(NC4CCCC4)nc(Cl)nc32)[C@@H](F)[C@@H]1O. The Morgan fingerprint density at radius 3 is 2.80 bits per heavy atom. The second-order valence-electron chi connectivity index (χ2n) is 7.59. The molecular formula is C17H23ClFN4O6P. The number of ether oxygens (including phenoxy) is 2. The van der Waals surface area contributed by atoms with Gasteiger partial charge >= 0.3 is 7.60 Å². The Labute approximate surface area is 176 Å². The third-order valence-electron chi connectivity index (χ3n) is 5.35. The number of nitrogens with zero attached hydrogens (tertiary/aromatic N) is 3. The maximum atomic E-state index is 14.8. The number of fused-ring (bicyclic) bond motifs is 1. The van der Waals surface area contributed by atoms with Gasteiger partial charge in [0.25, 0.3) is 0 Å². The Morgan fingerprint density at radius 2 is 2.10 bits per heavy atom. The lowest BCUT2D eigenvalue weighted by molar-refractivity contribution is -0.0580. The van der Waals surface area contributed by atoms with Crippen molar-refractivity contribution in [2.75, 3.05) is 18.3 Å². The predicted molar refractivity (Wildman–Crippen MR) is 106 cm³/mol. The molecule has 4 rings (SSSR count). The minimum atomic E-state index is -4.37.